The fraction of sp³-hybridized carbons (Fsp3) is 0.375. The second kappa shape index (κ2) is 7.70. The van der Waals surface area contributed by atoms with Gasteiger partial charge in [-0.1, -0.05) is 55.5 Å². The average Bonchev–Trinajstić information content (AvgIpc) is 2.36. The molecule has 0 amide bonds. The number of aliphatic hydroxyl groups excluding tert-OH is 1. The second-order valence-electron chi connectivity index (χ2n) is 4.11. The Morgan fingerprint density at radius 2 is 2.06 bits per heavy atom. The summed E-state index contributed by atoms with van der Waals surface area (Å²) >= 11 is 0. The van der Waals surface area contributed by atoms with Gasteiger partial charge in [-0.05, 0) is 30.6 Å². The fourth-order valence-electron chi connectivity index (χ4n) is 1.49. The van der Waals surface area contributed by atoms with Crippen molar-refractivity contribution in [3.63, 3.8) is 0 Å². The molecule has 0 spiro atoms. The van der Waals surface area contributed by atoms with Gasteiger partial charge < -0.3 is 5.11 Å². The topological polar surface area (TPSA) is 20.2 Å². The Kier molecular flexibility index (Phi) is 6.14. The maximum absolute atomic E-state index is 9.95. The van der Waals surface area contributed by atoms with Crippen LogP contribution in [0.1, 0.15) is 44.8 Å². The van der Waals surface area contributed by atoms with Gasteiger partial charge in [-0.25, -0.2) is 0 Å². The molecule has 1 heteroatoms. The molecular weight excluding hydrogens is 208 g/mol. The molecule has 0 saturated heterocycles. The van der Waals surface area contributed by atoms with E-state index in [9.17, 15) is 5.11 Å². The normalized spacial score (nSPS) is 12.8. The highest BCUT2D eigenvalue weighted by Gasteiger charge is 2.02. The van der Waals surface area contributed by atoms with Crippen molar-refractivity contribution in [2.24, 2.45) is 0 Å². The Hall–Kier alpha value is -1.52. The first-order valence-electron chi connectivity index (χ1n) is 6.14. The van der Waals surface area contributed by atoms with Gasteiger partial charge in [0.2, 0.25) is 0 Å². The molecule has 1 rings (SSSR count). The lowest BCUT2D eigenvalue weighted by molar-refractivity contribution is 0.228. The van der Waals surface area contributed by atoms with Gasteiger partial charge in [0, 0.05) is 6.42 Å². The number of allylic oxidation sites excluding steroid dienone is 1. The zero-order chi connectivity index (χ0) is 12.5. The van der Waals surface area contributed by atoms with Crippen LogP contribution in [0.15, 0.2) is 42.0 Å². The van der Waals surface area contributed by atoms with Crippen LogP contribution >= 0.6 is 0 Å². The summed E-state index contributed by atoms with van der Waals surface area (Å²) in [6.07, 6.45) is 4.49. The highest BCUT2D eigenvalue weighted by molar-refractivity contribution is 5.30. The number of unbranched alkanes of at least 4 members (excludes halogenated alkanes) is 2. The van der Waals surface area contributed by atoms with Crippen LogP contribution in [-0.4, -0.2) is 5.11 Å². The standard InChI is InChI=1S/C16H20O/c1-3-4-5-7-10-14(2)13-16(17)15-11-8-6-9-12-15/h6,8-9,11-13,16-17H,3-5H2,1-2H3/b14-13-. The SMILES string of the molecule is CCCCC#C/C(C)=C\C(O)c1ccccc1. The molecule has 0 radical (unpaired) electrons. The smallest absolute Gasteiger partial charge is 0.0983 e. The zero-order valence-corrected chi connectivity index (χ0v) is 10.6. The van der Waals surface area contributed by atoms with E-state index in [0.717, 1.165) is 24.0 Å². The van der Waals surface area contributed by atoms with Crippen LogP contribution in [0.25, 0.3) is 0 Å². The van der Waals surface area contributed by atoms with Gasteiger partial charge in [-0.2, -0.15) is 0 Å². The highest BCUT2D eigenvalue weighted by atomic mass is 16.3. The predicted molar refractivity (Wildman–Crippen MR) is 72.5 cm³/mol. The van der Waals surface area contributed by atoms with E-state index in [1.165, 1.54) is 6.42 Å². The summed E-state index contributed by atoms with van der Waals surface area (Å²) in [5.41, 5.74) is 1.83. The Morgan fingerprint density at radius 1 is 1.35 bits per heavy atom. The van der Waals surface area contributed by atoms with Crippen LogP contribution in [0.2, 0.25) is 0 Å². The van der Waals surface area contributed by atoms with Crippen LogP contribution in [0.5, 0.6) is 0 Å². The molecule has 0 aliphatic carbocycles. The summed E-state index contributed by atoms with van der Waals surface area (Å²) in [6, 6.07) is 9.62. The molecule has 0 saturated carbocycles. The number of aliphatic hydroxyl groups is 1. The second-order valence-corrected chi connectivity index (χ2v) is 4.11. The van der Waals surface area contributed by atoms with Crippen LogP contribution in [0, 0.1) is 11.8 Å². The van der Waals surface area contributed by atoms with Crippen molar-refractivity contribution < 1.29 is 5.11 Å². The van der Waals surface area contributed by atoms with Crippen LogP contribution in [0.3, 0.4) is 0 Å². The van der Waals surface area contributed by atoms with Gasteiger partial charge in [0.15, 0.2) is 0 Å². The molecule has 0 aliphatic heterocycles. The molecule has 17 heavy (non-hydrogen) atoms. The quantitative estimate of drug-likeness (QED) is 0.613. The third kappa shape index (κ3) is 5.38. The van der Waals surface area contributed by atoms with E-state index >= 15 is 0 Å². The molecule has 1 N–H and O–H groups in total. The van der Waals surface area contributed by atoms with Crippen LogP contribution < -0.4 is 0 Å². The van der Waals surface area contributed by atoms with E-state index in [1.54, 1.807) is 6.08 Å². The zero-order valence-electron chi connectivity index (χ0n) is 10.6. The molecule has 1 aromatic rings. The molecule has 90 valence electrons. The summed E-state index contributed by atoms with van der Waals surface area (Å²) in [6.45, 7) is 4.09. The Bertz CT molecular complexity index is 406. The summed E-state index contributed by atoms with van der Waals surface area (Å²) < 4.78 is 0. The van der Waals surface area contributed by atoms with Crippen molar-refractivity contribution in [1.29, 1.82) is 0 Å². The minimum atomic E-state index is -0.559. The molecule has 1 aromatic carbocycles. The monoisotopic (exact) mass is 228 g/mol. The molecule has 0 aliphatic rings. The lowest BCUT2D eigenvalue weighted by Gasteiger charge is -2.05. The first-order valence-corrected chi connectivity index (χ1v) is 6.14. The van der Waals surface area contributed by atoms with Gasteiger partial charge in [0.05, 0.1) is 6.10 Å². The van der Waals surface area contributed by atoms with Crippen molar-refractivity contribution in [2.45, 2.75) is 39.2 Å². The molecule has 1 atom stereocenters. The summed E-state index contributed by atoms with van der Waals surface area (Å²) in [7, 11) is 0. The van der Waals surface area contributed by atoms with Gasteiger partial charge in [0.1, 0.15) is 0 Å². The maximum atomic E-state index is 9.95. The Morgan fingerprint density at radius 3 is 2.71 bits per heavy atom. The van der Waals surface area contributed by atoms with E-state index in [1.807, 2.05) is 37.3 Å². The first kappa shape index (κ1) is 13.5. The largest absolute Gasteiger partial charge is 0.384 e. The molecule has 0 aromatic heterocycles. The maximum Gasteiger partial charge on any atom is 0.0983 e. The molecule has 1 nitrogen and oxygen atoms in total. The van der Waals surface area contributed by atoms with Crippen LogP contribution in [-0.2, 0) is 0 Å². The summed E-state index contributed by atoms with van der Waals surface area (Å²) in [5.74, 6) is 6.18. The van der Waals surface area contributed by atoms with Gasteiger partial charge in [0.25, 0.3) is 0 Å². The van der Waals surface area contributed by atoms with E-state index in [2.05, 4.69) is 18.8 Å². The third-order valence-electron chi connectivity index (χ3n) is 2.49. The first-order chi connectivity index (χ1) is 8.24. The van der Waals surface area contributed by atoms with Crippen molar-refractivity contribution in [3.05, 3.63) is 47.5 Å². The van der Waals surface area contributed by atoms with Crippen molar-refractivity contribution in [1.82, 2.24) is 0 Å². The molecule has 0 fully saturated rings. The highest BCUT2D eigenvalue weighted by Crippen LogP contribution is 2.14. The summed E-state index contributed by atoms with van der Waals surface area (Å²) in [5, 5.41) is 9.95. The van der Waals surface area contributed by atoms with E-state index in [0.29, 0.717) is 0 Å². The average molecular weight is 228 g/mol. The molecule has 0 heterocycles. The molecule has 0 bridgehead atoms. The third-order valence-corrected chi connectivity index (χ3v) is 2.49. The van der Waals surface area contributed by atoms with Crippen molar-refractivity contribution in [2.75, 3.05) is 0 Å². The minimum Gasteiger partial charge on any atom is -0.384 e. The number of rotatable bonds is 4. The van der Waals surface area contributed by atoms with Gasteiger partial charge in [-0.15, -0.1) is 0 Å². The van der Waals surface area contributed by atoms with Crippen LogP contribution in [0.4, 0.5) is 0 Å². The van der Waals surface area contributed by atoms with E-state index < -0.39 is 6.10 Å². The van der Waals surface area contributed by atoms with Crippen molar-refractivity contribution in [3.8, 4) is 11.8 Å². The van der Waals surface area contributed by atoms with Crippen molar-refractivity contribution >= 4 is 0 Å². The predicted octanol–water partition coefficient (Wildman–Crippen LogP) is 3.86. The number of benzene rings is 1. The Labute approximate surface area is 104 Å². The summed E-state index contributed by atoms with van der Waals surface area (Å²) in [4.78, 5) is 0. The molecular formula is C16H20O. The molecule has 1 unspecified atom stereocenters. The lowest BCUT2D eigenvalue weighted by Crippen LogP contribution is -1.93. The number of hydrogen-bond donors (Lipinski definition) is 1. The van der Waals surface area contributed by atoms with E-state index in [-0.39, 0.29) is 0 Å². The fourth-order valence-corrected chi connectivity index (χ4v) is 1.49. The minimum absolute atomic E-state index is 0.559. The van der Waals surface area contributed by atoms with Gasteiger partial charge in [-0.3, -0.25) is 0 Å². The van der Waals surface area contributed by atoms with E-state index in [4.69, 9.17) is 0 Å². The Balaban J connectivity index is 2.58. The number of hydrogen-bond acceptors (Lipinski definition) is 1. The lowest BCUT2D eigenvalue weighted by atomic mass is 10.1. The van der Waals surface area contributed by atoms with Gasteiger partial charge >= 0.3 is 0 Å².